The fraction of sp³-hybridized carbons (Fsp3) is 0. The number of ether oxygens (including phenoxy) is 2. The monoisotopic (exact) mass is 694 g/mol. The molecule has 11 rings (SSSR count). The smallest absolute Gasteiger partial charge is 0.151 e. The Morgan fingerprint density at radius 1 is 0.333 bits per heavy atom. The fourth-order valence-corrected chi connectivity index (χ4v) is 7.88. The predicted octanol–water partition coefficient (Wildman–Crippen LogP) is 13.3. The molecule has 2 aliphatic heterocycles. The molecule has 54 heavy (non-hydrogen) atoms. The molecule has 0 saturated heterocycles. The van der Waals surface area contributed by atoms with Crippen molar-refractivity contribution in [3.05, 3.63) is 182 Å². The second-order valence-electron chi connectivity index (χ2n) is 13.4. The van der Waals surface area contributed by atoms with Gasteiger partial charge in [0, 0.05) is 34.5 Å². The van der Waals surface area contributed by atoms with Gasteiger partial charge in [-0.05, 0) is 107 Å². The van der Waals surface area contributed by atoms with Gasteiger partial charge in [-0.25, -0.2) is 0 Å². The highest BCUT2D eigenvalue weighted by molar-refractivity contribution is 6.11. The number of rotatable bonds is 4. The summed E-state index contributed by atoms with van der Waals surface area (Å²) in [5.41, 5.74) is 12.4. The molecule has 0 bridgehead atoms. The molecular formula is C48H30N4O2. The Hall–Kier alpha value is -7.44. The van der Waals surface area contributed by atoms with Gasteiger partial charge < -0.3 is 19.3 Å². The van der Waals surface area contributed by atoms with Crippen molar-refractivity contribution in [1.29, 1.82) is 0 Å². The molecule has 0 fully saturated rings. The second-order valence-corrected chi connectivity index (χ2v) is 13.4. The molecule has 6 nitrogen and oxygen atoms in total. The van der Waals surface area contributed by atoms with E-state index in [1.807, 2.05) is 85.2 Å². The molecule has 0 radical (unpaired) electrons. The first-order valence-electron chi connectivity index (χ1n) is 18.0. The van der Waals surface area contributed by atoms with E-state index in [0.717, 1.165) is 101 Å². The first-order valence-corrected chi connectivity index (χ1v) is 18.0. The summed E-state index contributed by atoms with van der Waals surface area (Å²) in [5.74, 6) is 3.35. The highest BCUT2D eigenvalue weighted by atomic mass is 16.5. The number of nitrogens with zero attached hydrogens (tertiary/aromatic N) is 4. The molecule has 0 spiro atoms. The molecule has 0 atom stereocenters. The Morgan fingerprint density at radius 2 is 0.667 bits per heavy atom. The summed E-state index contributed by atoms with van der Waals surface area (Å²) in [4.78, 5) is 14.3. The van der Waals surface area contributed by atoms with E-state index in [1.165, 1.54) is 0 Å². The minimum absolute atomic E-state index is 0.837. The zero-order valence-electron chi connectivity index (χ0n) is 28.9. The summed E-state index contributed by atoms with van der Waals surface area (Å²) in [6.07, 6.45) is 3.78. The molecule has 6 heteroatoms. The van der Waals surface area contributed by atoms with Gasteiger partial charge in [0.25, 0.3) is 0 Å². The van der Waals surface area contributed by atoms with Crippen LogP contribution in [0, 0.1) is 0 Å². The highest BCUT2D eigenvalue weighted by Gasteiger charge is 2.27. The van der Waals surface area contributed by atoms with Crippen molar-refractivity contribution in [2.24, 2.45) is 0 Å². The standard InChI is InChI=1S/C48H30N4O2/c1-5-13-43-39(9-1)51(40-10-2-6-14-44(40)53-43)33-21-17-31(18-22-33)35-27-29-49-47-37(35)25-26-38-36(28-30-50-48(38)47)32-19-23-34(24-20-32)52-41-11-3-7-15-45(41)54-46-16-8-4-12-42(46)52/h1-30H. The van der Waals surface area contributed by atoms with Gasteiger partial charge in [-0.1, -0.05) is 84.9 Å². The Bertz CT molecular complexity index is 2620. The van der Waals surface area contributed by atoms with Crippen LogP contribution >= 0.6 is 0 Å². The molecule has 0 amide bonds. The molecule has 0 saturated carbocycles. The maximum atomic E-state index is 6.24. The predicted molar refractivity (Wildman–Crippen MR) is 217 cm³/mol. The van der Waals surface area contributed by atoms with E-state index in [9.17, 15) is 0 Å². The van der Waals surface area contributed by atoms with Crippen LogP contribution in [-0.4, -0.2) is 9.97 Å². The van der Waals surface area contributed by atoms with Crippen molar-refractivity contribution >= 4 is 55.9 Å². The number of aromatic nitrogens is 2. The summed E-state index contributed by atoms with van der Waals surface area (Å²) in [7, 11) is 0. The average molecular weight is 695 g/mol. The SMILES string of the molecule is c1ccc2c(c1)Oc1ccccc1N2c1ccc(-c2ccnc3c2ccc2c(-c4ccc(N5c6ccccc6Oc6ccccc65)cc4)ccnc23)cc1. The number of fused-ring (bicyclic) bond motifs is 7. The van der Waals surface area contributed by atoms with Crippen molar-refractivity contribution in [3.8, 4) is 45.3 Å². The Kier molecular flexibility index (Phi) is 6.75. The molecule has 0 aliphatic carbocycles. The average Bonchev–Trinajstić information content (AvgIpc) is 3.24. The topological polar surface area (TPSA) is 50.7 Å². The Labute approximate surface area is 311 Å². The molecule has 9 aromatic rings. The maximum absolute atomic E-state index is 6.24. The van der Waals surface area contributed by atoms with Gasteiger partial charge in [0.15, 0.2) is 23.0 Å². The van der Waals surface area contributed by atoms with Crippen LogP contribution in [0.4, 0.5) is 34.1 Å². The number of hydrogen-bond acceptors (Lipinski definition) is 6. The molecule has 4 heterocycles. The zero-order valence-corrected chi connectivity index (χ0v) is 28.9. The summed E-state index contributed by atoms with van der Waals surface area (Å²) in [6, 6.07) is 58.6. The van der Waals surface area contributed by atoms with Crippen LogP contribution in [0.2, 0.25) is 0 Å². The van der Waals surface area contributed by atoms with Crippen molar-refractivity contribution in [3.63, 3.8) is 0 Å². The van der Waals surface area contributed by atoms with Gasteiger partial charge in [-0.3, -0.25) is 9.97 Å². The second kappa shape index (κ2) is 12.1. The third-order valence-electron chi connectivity index (χ3n) is 10.4. The van der Waals surface area contributed by atoms with Gasteiger partial charge >= 0.3 is 0 Å². The zero-order chi connectivity index (χ0) is 35.6. The van der Waals surface area contributed by atoms with E-state index in [1.54, 1.807) is 0 Å². The molecule has 0 N–H and O–H groups in total. The molecule has 7 aromatic carbocycles. The van der Waals surface area contributed by atoms with Gasteiger partial charge in [0.05, 0.1) is 33.8 Å². The Balaban J connectivity index is 0.953. The normalized spacial score (nSPS) is 12.7. The lowest BCUT2D eigenvalue weighted by atomic mass is 9.96. The van der Waals surface area contributed by atoms with Crippen LogP contribution in [0.1, 0.15) is 0 Å². The van der Waals surface area contributed by atoms with Gasteiger partial charge in [0.2, 0.25) is 0 Å². The maximum Gasteiger partial charge on any atom is 0.151 e. The third-order valence-corrected chi connectivity index (χ3v) is 10.4. The number of hydrogen-bond donors (Lipinski definition) is 0. The van der Waals surface area contributed by atoms with Crippen LogP contribution in [0.5, 0.6) is 23.0 Å². The summed E-state index contributed by atoms with van der Waals surface area (Å²) < 4.78 is 12.5. The van der Waals surface area contributed by atoms with Crippen LogP contribution in [0.3, 0.4) is 0 Å². The van der Waals surface area contributed by atoms with Gasteiger partial charge in [-0.15, -0.1) is 0 Å². The Morgan fingerprint density at radius 3 is 1.02 bits per heavy atom. The molecular weight excluding hydrogens is 665 g/mol. The fourth-order valence-electron chi connectivity index (χ4n) is 7.88. The van der Waals surface area contributed by atoms with Crippen molar-refractivity contribution in [2.75, 3.05) is 9.80 Å². The van der Waals surface area contributed by atoms with Crippen molar-refractivity contribution in [1.82, 2.24) is 9.97 Å². The lowest BCUT2D eigenvalue weighted by molar-refractivity contribution is 0.477. The van der Waals surface area contributed by atoms with Gasteiger partial charge in [0.1, 0.15) is 0 Å². The lowest BCUT2D eigenvalue weighted by Gasteiger charge is -2.32. The molecule has 254 valence electrons. The summed E-state index contributed by atoms with van der Waals surface area (Å²) >= 11 is 0. The number of benzene rings is 7. The van der Waals surface area contributed by atoms with Crippen molar-refractivity contribution in [2.45, 2.75) is 0 Å². The quantitative estimate of drug-likeness (QED) is 0.171. The van der Waals surface area contributed by atoms with Crippen LogP contribution in [0.25, 0.3) is 44.1 Å². The first kappa shape index (κ1) is 30.2. The van der Waals surface area contributed by atoms with E-state index in [-0.39, 0.29) is 0 Å². The van der Waals surface area contributed by atoms with Crippen LogP contribution in [-0.2, 0) is 0 Å². The number of pyridine rings is 2. The molecule has 2 aromatic heterocycles. The minimum Gasteiger partial charge on any atom is -0.453 e. The number of anilines is 6. The van der Waals surface area contributed by atoms with E-state index in [4.69, 9.17) is 19.4 Å². The van der Waals surface area contributed by atoms with E-state index in [2.05, 4.69) is 107 Å². The largest absolute Gasteiger partial charge is 0.453 e. The minimum atomic E-state index is 0.837. The highest BCUT2D eigenvalue weighted by Crippen LogP contribution is 2.52. The third kappa shape index (κ3) is 4.74. The number of para-hydroxylation sites is 8. The first-order chi connectivity index (χ1) is 26.8. The summed E-state index contributed by atoms with van der Waals surface area (Å²) in [5, 5.41) is 2.12. The van der Waals surface area contributed by atoms with Crippen LogP contribution in [0.15, 0.2) is 182 Å². The van der Waals surface area contributed by atoms with E-state index in [0.29, 0.717) is 0 Å². The van der Waals surface area contributed by atoms with Gasteiger partial charge in [-0.2, -0.15) is 0 Å². The van der Waals surface area contributed by atoms with E-state index < -0.39 is 0 Å². The van der Waals surface area contributed by atoms with E-state index >= 15 is 0 Å². The molecule has 0 unspecified atom stereocenters. The molecule has 2 aliphatic rings. The lowest BCUT2D eigenvalue weighted by Crippen LogP contribution is -2.15. The van der Waals surface area contributed by atoms with Crippen LogP contribution < -0.4 is 19.3 Å². The summed E-state index contributed by atoms with van der Waals surface area (Å²) in [6.45, 7) is 0. The van der Waals surface area contributed by atoms with Crippen molar-refractivity contribution < 1.29 is 9.47 Å².